The number of carbonyl (C=O) groups excluding carboxylic acids is 3. The highest BCUT2D eigenvalue weighted by molar-refractivity contribution is 5.97. The number of rotatable bonds is 7. The number of piperidine rings is 1. The molecule has 0 saturated carbocycles. The first-order valence-corrected chi connectivity index (χ1v) is 11.6. The molecule has 1 heterocycles. The van der Waals surface area contributed by atoms with Crippen molar-refractivity contribution in [2.75, 3.05) is 6.54 Å². The average molecular weight is 476 g/mol. The quantitative estimate of drug-likeness (QED) is 0.206. The standard InChI is InChI=1S/C24H37N5O5/c1-6-16-11-12-29(23(32)34-24(3,4)5)19(13-16)22(31)27-15(2)21(30)26-14-17-7-9-18(10-8-17)20(25)28-33/h7-10,15-16,19,33H,6,11-14H2,1-5H3,(H2,25,28)(H,26,30)(H,27,31)/t15-,16-,19+/m0/s1. The molecule has 1 saturated heterocycles. The molecule has 0 bridgehead atoms. The number of amides is 3. The van der Waals surface area contributed by atoms with E-state index < -0.39 is 23.8 Å². The number of benzene rings is 1. The summed E-state index contributed by atoms with van der Waals surface area (Å²) in [6.45, 7) is 9.72. The summed E-state index contributed by atoms with van der Waals surface area (Å²) in [4.78, 5) is 39.8. The second-order valence-electron chi connectivity index (χ2n) is 9.62. The minimum absolute atomic E-state index is 0.000343. The fourth-order valence-corrected chi connectivity index (χ4v) is 3.77. The van der Waals surface area contributed by atoms with E-state index in [-0.39, 0.29) is 24.2 Å². The maximum absolute atomic E-state index is 13.1. The smallest absolute Gasteiger partial charge is 0.410 e. The molecule has 1 aliphatic rings. The lowest BCUT2D eigenvalue weighted by atomic mass is 9.88. The summed E-state index contributed by atoms with van der Waals surface area (Å²) < 4.78 is 5.50. The van der Waals surface area contributed by atoms with Crippen molar-refractivity contribution in [3.63, 3.8) is 0 Å². The Morgan fingerprint density at radius 3 is 2.47 bits per heavy atom. The number of oxime groups is 1. The van der Waals surface area contributed by atoms with E-state index in [0.29, 0.717) is 24.4 Å². The molecule has 2 rings (SSSR count). The van der Waals surface area contributed by atoms with Gasteiger partial charge in [0, 0.05) is 18.7 Å². The Kier molecular flexibility index (Phi) is 9.28. The molecule has 188 valence electrons. The van der Waals surface area contributed by atoms with Crippen LogP contribution < -0.4 is 16.4 Å². The number of likely N-dealkylation sites (tertiary alicyclic amines) is 1. The summed E-state index contributed by atoms with van der Waals surface area (Å²) in [5, 5.41) is 17.2. The van der Waals surface area contributed by atoms with Gasteiger partial charge in [-0.2, -0.15) is 0 Å². The number of nitrogens with zero attached hydrogens (tertiary/aromatic N) is 2. The summed E-state index contributed by atoms with van der Waals surface area (Å²) in [5.74, 6) is -0.387. The van der Waals surface area contributed by atoms with Gasteiger partial charge in [-0.1, -0.05) is 42.8 Å². The molecule has 0 aliphatic carbocycles. The Morgan fingerprint density at radius 1 is 1.26 bits per heavy atom. The maximum atomic E-state index is 13.1. The summed E-state index contributed by atoms with van der Waals surface area (Å²) in [6.07, 6.45) is 1.73. The number of nitrogens with one attached hydrogen (secondary N) is 2. The van der Waals surface area contributed by atoms with Gasteiger partial charge in [-0.25, -0.2) is 4.79 Å². The monoisotopic (exact) mass is 475 g/mol. The van der Waals surface area contributed by atoms with Crippen molar-refractivity contribution in [3.05, 3.63) is 35.4 Å². The van der Waals surface area contributed by atoms with Crippen LogP contribution in [0.1, 0.15) is 65.0 Å². The van der Waals surface area contributed by atoms with Crippen LogP contribution in [0.5, 0.6) is 0 Å². The highest BCUT2D eigenvalue weighted by Gasteiger charge is 2.38. The lowest BCUT2D eigenvalue weighted by molar-refractivity contribution is -0.133. The molecule has 10 heteroatoms. The van der Waals surface area contributed by atoms with Gasteiger partial charge in [-0.3, -0.25) is 14.5 Å². The number of amidine groups is 1. The predicted molar refractivity (Wildman–Crippen MR) is 128 cm³/mol. The van der Waals surface area contributed by atoms with Gasteiger partial charge in [0.1, 0.15) is 17.7 Å². The second-order valence-corrected chi connectivity index (χ2v) is 9.62. The van der Waals surface area contributed by atoms with E-state index in [1.165, 1.54) is 4.90 Å². The number of hydrogen-bond acceptors (Lipinski definition) is 6. The molecule has 5 N–H and O–H groups in total. The largest absolute Gasteiger partial charge is 0.444 e. The van der Waals surface area contributed by atoms with Crippen LogP contribution in [0.4, 0.5) is 4.79 Å². The van der Waals surface area contributed by atoms with E-state index in [0.717, 1.165) is 18.4 Å². The molecule has 1 aromatic rings. The number of carbonyl (C=O) groups is 3. The van der Waals surface area contributed by atoms with Gasteiger partial charge in [0.05, 0.1) is 0 Å². The molecule has 0 spiro atoms. The summed E-state index contributed by atoms with van der Waals surface area (Å²) >= 11 is 0. The van der Waals surface area contributed by atoms with Crippen molar-refractivity contribution >= 4 is 23.7 Å². The van der Waals surface area contributed by atoms with Gasteiger partial charge >= 0.3 is 6.09 Å². The first-order valence-electron chi connectivity index (χ1n) is 11.6. The minimum Gasteiger partial charge on any atom is -0.444 e. The molecule has 3 amide bonds. The highest BCUT2D eigenvalue weighted by Crippen LogP contribution is 2.27. The summed E-state index contributed by atoms with van der Waals surface area (Å²) in [6, 6.07) is 5.40. The van der Waals surface area contributed by atoms with E-state index in [2.05, 4.69) is 22.7 Å². The van der Waals surface area contributed by atoms with Crippen molar-refractivity contribution in [1.82, 2.24) is 15.5 Å². The first-order chi connectivity index (χ1) is 15.9. The lowest BCUT2D eigenvalue weighted by Crippen LogP contribution is -2.57. The maximum Gasteiger partial charge on any atom is 0.410 e. The van der Waals surface area contributed by atoms with E-state index in [9.17, 15) is 14.4 Å². The van der Waals surface area contributed by atoms with Crippen LogP contribution in [0.15, 0.2) is 29.4 Å². The van der Waals surface area contributed by atoms with Crippen molar-refractivity contribution in [2.45, 2.75) is 78.1 Å². The second kappa shape index (κ2) is 11.7. The molecule has 0 radical (unpaired) electrons. The summed E-state index contributed by atoms with van der Waals surface area (Å²) in [5.41, 5.74) is 6.26. The molecule has 34 heavy (non-hydrogen) atoms. The zero-order valence-electron chi connectivity index (χ0n) is 20.6. The first kappa shape index (κ1) is 26.9. The number of nitrogens with two attached hydrogens (primary N) is 1. The van der Waals surface area contributed by atoms with Crippen LogP contribution >= 0.6 is 0 Å². The van der Waals surface area contributed by atoms with Crippen molar-refractivity contribution in [2.24, 2.45) is 16.8 Å². The predicted octanol–water partition coefficient (Wildman–Crippen LogP) is 2.33. The zero-order valence-corrected chi connectivity index (χ0v) is 20.6. The fraction of sp³-hybridized carbons (Fsp3) is 0.583. The van der Waals surface area contributed by atoms with Gasteiger partial charge < -0.3 is 26.3 Å². The summed E-state index contributed by atoms with van der Waals surface area (Å²) in [7, 11) is 0. The average Bonchev–Trinajstić information content (AvgIpc) is 2.80. The third-order valence-corrected chi connectivity index (χ3v) is 5.80. The van der Waals surface area contributed by atoms with Crippen LogP contribution in [0.3, 0.4) is 0 Å². The van der Waals surface area contributed by atoms with Crippen LogP contribution in [0, 0.1) is 5.92 Å². The molecular weight excluding hydrogens is 438 g/mol. The molecule has 10 nitrogen and oxygen atoms in total. The Labute approximate surface area is 200 Å². The van der Waals surface area contributed by atoms with E-state index >= 15 is 0 Å². The van der Waals surface area contributed by atoms with Crippen molar-refractivity contribution < 1.29 is 24.3 Å². The minimum atomic E-state index is -0.786. The van der Waals surface area contributed by atoms with Gasteiger partial charge in [0.2, 0.25) is 11.8 Å². The molecule has 3 atom stereocenters. The van der Waals surface area contributed by atoms with E-state index in [4.69, 9.17) is 15.7 Å². The SMILES string of the molecule is CC[C@H]1CCN(C(=O)OC(C)(C)C)[C@@H](C(=O)N[C@@H](C)C(=O)NCc2ccc(/C(N)=N/O)cc2)C1. The number of ether oxygens (including phenoxy) is 1. The Bertz CT molecular complexity index is 894. The van der Waals surface area contributed by atoms with Crippen LogP contribution in [0.2, 0.25) is 0 Å². The Morgan fingerprint density at radius 2 is 1.91 bits per heavy atom. The molecule has 1 fully saturated rings. The Balaban J connectivity index is 1.97. The van der Waals surface area contributed by atoms with Gasteiger partial charge in [0.15, 0.2) is 5.84 Å². The molecule has 1 aliphatic heterocycles. The van der Waals surface area contributed by atoms with Gasteiger partial charge in [-0.05, 0) is 52.0 Å². The van der Waals surface area contributed by atoms with E-state index in [1.807, 2.05) is 0 Å². The molecule has 0 aromatic heterocycles. The van der Waals surface area contributed by atoms with Crippen LogP contribution in [-0.2, 0) is 20.9 Å². The molecule has 1 aromatic carbocycles. The third-order valence-electron chi connectivity index (χ3n) is 5.80. The van der Waals surface area contributed by atoms with Crippen LogP contribution in [0.25, 0.3) is 0 Å². The zero-order chi connectivity index (χ0) is 25.5. The van der Waals surface area contributed by atoms with Crippen molar-refractivity contribution in [3.8, 4) is 0 Å². The highest BCUT2D eigenvalue weighted by atomic mass is 16.6. The number of hydrogen-bond donors (Lipinski definition) is 4. The van der Waals surface area contributed by atoms with E-state index in [1.54, 1.807) is 52.0 Å². The van der Waals surface area contributed by atoms with Crippen LogP contribution in [-0.4, -0.2) is 58.1 Å². The van der Waals surface area contributed by atoms with Gasteiger partial charge in [0.25, 0.3) is 0 Å². The Hall–Kier alpha value is -3.30. The molecule has 0 unspecified atom stereocenters. The topological polar surface area (TPSA) is 146 Å². The fourth-order valence-electron chi connectivity index (χ4n) is 3.77. The van der Waals surface area contributed by atoms with Crippen molar-refractivity contribution in [1.29, 1.82) is 0 Å². The lowest BCUT2D eigenvalue weighted by Gasteiger charge is -2.39. The normalized spacial score (nSPS) is 19.8. The third kappa shape index (κ3) is 7.64. The molecular formula is C24H37N5O5. The van der Waals surface area contributed by atoms with Gasteiger partial charge in [-0.15, -0.1) is 0 Å².